The SMILES string of the molecule is Cc1[nH]c2ccc(F)cc2c1CC(=O)NC(Cc1ccccc1)C(=O)N1CCCC1. The number of likely N-dealkylation sites (tertiary alicyclic amines) is 1. The lowest BCUT2D eigenvalue weighted by molar-refractivity contribution is -0.135. The highest BCUT2D eigenvalue weighted by atomic mass is 19.1. The molecule has 1 aromatic heterocycles. The molecule has 1 aliphatic heterocycles. The normalized spacial score (nSPS) is 14.8. The number of aromatic nitrogens is 1. The maximum atomic E-state index is 13.7. The van der Waals surface area contributed by atoms with Gasteiger partial charge in [-0.1, -0.05) is 30.3 Å². The summed E-state index contributed by atoms with van der Waals surface area (Å²) in [7, 11) is 0. The van der Waals surface area contributed by atoms with Gasteiger partial charge in [0.1, 0.15) is 11.9 Å². The Hall–Kier alpha value is -3.15. The van der Waals surface area contributed by atoms with E-state index in [-0.39, 0.29) is 24.1 Å². The summed E-state index contributed by atoms with van der Waals surface area (Å²) in [5.74, 6) is -0.613. The molecule has 1 saturated heterocycles. The van der Waals surface area contributed by atoms with E-state index in [1.165, 1.54) is 12.1 Å². The Bertz CT molecular complexity index is 1060. The van der Waals surface area contributed by atoms with Gasteiger partial charge >= 0.3 is 0 Å². The second-order valence-electron chi connectivity index (χ2n) is 7.94. The number of nitrogens with one attached hydrogen (secondary N) is 2. The summed E-state index contributed by atoms with van der Waals surface area (Å²) < 4.78 is 13.7. The summed E-state index contributed by atoms with van der Waals surface area (Å²) in [5, 5.41) is 3.65. The summed E-state index contributed by atoms with van der Waals surface area (Å²) in [5.41, 5.74) is 3.39. The minimum absolute atomic E-state index is 0.0357. The number of amides is 2. The zero-order valence-electron chi connectivity index (χ0n) is 17.1. The summed E-state index contributed by atoms with van der Waals surface area (Å²) in [6.45, 7) is 3.35. The minimum atomic E-state index is -0.611. The topological polar surface area (TPSA) is 65.2 Å². The Morgan fingerprint density at radius 2 is 1.87 bits per heavy atom. The molecule has 1 unspecified atom stereocenters. The molecule has 0 bridgehead atoms. The van der Waals surface area contributed by atoms with Crippen molar-refractivity contribution in [1.82, 2.24) is 15.2 Å². The summed E-state index contributed by atoms with van der Waals surface area (Å²) in [6, 6.07) is 13.6. The van der Waals surface area contributed by atoms with E-state index in [2.05, 4.69) is 10.3 Å². The number of nitrogens with zero attached hydrogens (tertiary/aromatic N) is 1. The lowest BCUT2D eigenvalue weighted by Gasteiger charge is -2.24. The fourth-order valence-corrected chi connectivity index (χ4v) is 4.20. The second-order valence-corrected chi connectivity index (χ2v) is 7.94. The van der Waals surface area contributed by atoms with E-state index in [9.17, 15) is 14.0 Å². The molecule has 3 aromatic rings. The van der Waals surface area contributed by atoms with Gasteiger partial charge in [0.2, 0.25) is 11.8 Å². The van der Waals surface area contributed by atoms with Crippen LogP contribution in [0, 0.1) is 12.7 Å². The van der Waals surface area contributed by atoms with Gasteiger partial charge in [0.15, 0.2) is 0 Å². The standard InChI is InChI=1S/C24H26FN3O2/c1-16-19(20-14-18(25)9-10-21(20)26-16)15-23(29)27-22(13-17-7-3-2-4-8-17)24(30)28-11-5-6-12-28/h2-4,7-10,14,22,26H,5-6,11-13,15H2,1H3,(H,27,29). The van der Waals surface area contributed by atoms with Crippen LogP contribution in [0.2, 0.25) is 0 Å². The predicted octanol–water partition coefficient (Wildman–Crippen LogP) is 3.51. The van der Waals surface area contributed by atoms with Gasteiger partial charge in [0, 0.05) is 36.1 Å². The third-order valence-electron chi connectivity index (χ3n) is 5.75. The van der Waals surface area contributed by atoms with Crippen molar-refractivity contribution >= 4 is 22.7 Å². The van der Waals surface area contributed by atoms with E-state index in [4.69, 9.17) is 0 Å². The van der Waals surface area contributed by atoms with Crippen molar-refractivity contribution in [3.05, 3.63) is 71.2 Å². The Morgan fingerprint density at radius 1 is 1.13 bits per heavy atom. The van der Waals surface area contributed by atoms with Gasteiger partial charge in [0.05, 0.1) is 6.42 Å². The average molecular weight is 407 g/mol. The van der Waals surface area contributed by atoms with Gasteiger partial charge in [-0.15, -0.1) is 0 Å². The number of hydrogen-bond acceptors (Lipinski definition) is 2. The van der Waals surface area contributed by atoms with Crippen LogP contribution in [0.3, 0.4) is 0 Å². The maximum Gasteiger partial charge on any atom is 0.245 e. The Morgan fingerprint density at radius 3 is 2.60 bits per heavy atom. The molecule has 0 radical (unpaired) electrons. The lowest BCUT2D eigenvalue weighted by Crippen LogP contribution is -2.49. The maximum absolute atomic E-state index is 13.7. The van der Waals surface area contributed by atoms with Crippen molar-refractivity contribution in [3.63, 3.8) is 0 Å². The first-order chi connectivity index (χ1) is 14.5. The molecule has 156 valence electrons. The minimum Gasteiger partial charge on any atom is -0.358 e. The molecule has 0 spiro atoms. The van der Waals surface area contributed by atoms with Crippen LogP contribution in [-0.4, -0.2) is 40.8 Å². The monoisotopic (exact) mass is 407 g/mol. The number of halogens is 1. The van der Waals surface area contributed by atoms with E-state index in [1.54, 1.807) is 6.07 Å². The number of fused-ring (bicyclic) bond motifs is 1. The number of aryl methyl sites for hydroxylation is 1. The fourth-order valence-electron chi connectivity index (χ4n) is 4.20. The van der Waals surface area contributed by atoms with E-state index in [0.29, 0.717) is 11.8 Å². The van der Waals surface area contributed by atoms with Crippen molar-refractivity contribution in [2.75, 3.05) is 13.1 Å². The molecular formula is C24H26FN3O2. The first kappa shape index (κ1) is 20.1. The lowest BCUT2D eigenvalue weighted by atomic mass is 10.0. The molecule has 1 fully saturated rings. The number of rotatable bonds is 6. The van der Waals surface area contributed by atoms with Crippen LogP contribution in [0.15, 0.2) is 48.5 Å². The summed E-state index contributed by atoms with van der Waals surface area (Å²) in [6.07, 6.45) is 2.53. The molecule has 2 aromatic carbocycles. The van der Waals surface area contributed by atoms with Crippen molar-refractivity contribution < 1.29 is 14.0 Å². The molecule has 6 heteroatoms. The van der Waals surface area contributed by atoms with Gasteiger partial charge in [-0.3, -0.25) is 9.59 Å². The second kappa shape index (κ2) is 8.69. The molecule has 1 atom stereocenters. The number of benzene rings is 2. The molecule has 2 amide bonds. The summed E-state index contributed by atoms with van der Waals surface area (Å²) in [4.78, 5) is 31.0. The first-order valence-corrected chi connectivity index (χ1v) is 10.4. The van der Waals surface area contributed by atoms with E-state index in [1.807, 2.05) is 42.2 Å². The molecule has 2 N–H and O–H groups in total. The summed E-state index contributed by atoms with van der Waals surface area (Å²) >= 11 is 0. The highest BCUT2D eigenvalue weighted by Crippen LogP contribution is 2.23. The highest BCUT2D eigenvalue weighted by molar-refractivity contribution is 5.92. The molecular weight excluding hydrogens is 381 g/mol. The molecule has 0 aliphatic carbocycles. The third kappa shape index (κ3) is 4.37. The van der Waals surface area contributed by atoms with Crippen molar-refractivity contribution in [3.8, 4) is 0 Å². The van der Waals surface area contributed by atoms with Crippen LogP contribution < -0.4 is 5.32 Å². The Labute approximate surface area is 175 Å². The van der Waals surface area contributed by atoms with Crippen molar-refractivity contribution in [1.29, 1.82) is 0 Å². The fraction of sp³-hybridized carbons (Fsp3) is 0.333. The number of aromatic amines is 1. The first-order valence-electron chi connectivity index (χ1n) is 10.4. The average Bonchev–Trinajstić information content (AvgIpc) is 3.37. The van der Waals surface area contributed by atoms with Crippen molar-refractivity contribution in [2.24, 2.45) is 0 Å². The van der Waals surface area contributed by atoms with Gasteiger partial charge in [0.25, 0.3) is 0 Å². The molecule has 0 saturated carbocycles. The van der Waals surface area contributed by atoms with Gasteiger partial charge in [-0.25, -0.2) is 4.39 Å². The Kier molecular flexibility index (Phi) is 5.84. The smallest absolute Gasteiger partial charge is 0.245 e. The largest absolute Gasteiger partial charge is 0.358 e. The number of hydrogen-bond donors (Lipinski definition) is 2. The number of H-pyrrole nitrogens is 1. The zero-order valence-corrected chi connectivity index (χ0v) is 17.1. The molecule has 5 nitrogen and oxygen atoms in total. The van der Waals surface area contributed by atoms with E-state index < -0.39 is 6.04 Å². The van der Waals surface area contributed by atoms with Crippen LogP contribution in [-0.2, 0) is 22.4 Å². The van der Waals surface area contributed by atoms with Gasteiger partial charge in [-0.05, 0) is 49.1 Å². The predicted molar refractivity (Wildman–Crippen MR) is 115 cm³/mol. The molecule has 1 aliphatic rings. The van der Waals surface area contributed by atoms with Crippen LogP contribution in [0.4, 0.5) is 4.39 Å². The van der Waals surface area contributed by atoms with E-state index >= 15 is 0 Å². The highest BCUT2D eigenvalue weighted by Gasteiger charge is 2.28. The van der Waals surface area contributed by atoms with Crippen molar-refractivity contribution in [2.45, 2.75) is 38.6 Å². The number of carbonyl (C=O) groups excluding carboxylic acids is 2. The van der Waals surface area contributed by atoms with Crippen LogP contribution in [0.5, 0.6) is 0 Å². The van der Waals surface area contributed by atoms with Crippen LogP contribution in [0.25, 0.3) is 10.9 Å². The number of carbonyl (C=O) groups is 2. The van der Waals surface area contributed by atoms with E-state index in [0.717, 1.165) is 48.3 Å². The van der Waals surface area contributed by atoms with Gasteiger partial charge < -0.3 is 15.2 Å². The molecule has 2 heterocycles. The van der Waals surface area contributed by atoms with Crippen LogP contribution in [0.1, 0.15) is 29.7 Å². The zero-order chi connectivity index (χ0) is 21.1. The van der Waals surface area contributed by atoms with Gasteiger partial charge in [-0.2, -0.15) is 0 Å². The molecule has 30 heavy (non-hydrogen) atoms. The third-order valence-corrected chi connectivity index (χ3v) is 5.75. The Balaban J connectivity index is 1.53. The molecule has 4 rings (SSSR count). The quantitative estimate of drug-likeness (QED) is 0.657. The van der Waals surface area contributed by atoms with Crippen LogP contribution >= 0.6 is 0 Å².